The summed E-state index contributed by atoms with van der Waals surface area (Å²) in [7, 11) is 3.05. The lowest BCUT2D eigenvalue weighted by Crippen LogP contribution is -2.45. The van der Waals surface area contributed by atoms with Gasteiger partial charge >= 0.3 is 0 Å². The van der Waals surface area contributed by atoms with E-state index in [4.69, 9.17) is 9.47 Å². The number of nitrogens with zero attached hydrogens (tertiary/aromatic N) is 2. The van der Waals surface area contributed by atoms with Gasteiger partial charge in [-0.05, 0) is 12.5 Å². The summed E-state index contributed by atoms with van der Waals surface area (Å²) >= 11 is 0. The maximum Gasteiger partial charge on any atom is 0.278 e. The van der Waals surface area contributed by atoms with Crippen molar-refractivity contribution in [2.24, 2.45) is 0 Å². The Morgan fingerprint density at radius 1 is 1.25 bits per heavy atom. The van der Waals surface area contributed by atoms with Gasteiger partial charge in [0.15, 0.2) is 11.5 Å². The van der Waals surface area contributed by atoms with Crippen molar-refractivity contribution < 1.29 is 14.4 Å². The predicted molar refractivity (Wildman–Crippen MR) is 92.9 cm³/mol. The van der Waals surface area contributed by atoms with Gasteiger partial charge in [-0.3, -0.25) is 15.0 Å². The van der Waals surface area contributed by atoms with E-state index >= 15 is 0 Å². The molecular weight excluding hydrogens is 310 g/mol. The summed E-state index contributed by atoms with van der Waals surface area (Å²) in [6, 6.07) is 3.28. The SMILES string of the molecule is CCCC[C@H](c1cc(OC)c(OC)cc1[N+](=O)[O-])N1CCNCC1. The van der Waals surface area contributed by atoms with Crippen molar-refractivity contribution in [2.75, 3.05) is 40.4 Å². The molecule has 0 spiro atoms. The van der Waals surface area contributed by atoms with E-state index in [2.05, 4.69) is 17.1 Å². The summed E-state index contributed by atoms with van der Waals surface area (Å²) < 4.78 is 10.6. The molecule has 0 bridgehead atoms. The maximum atomic E-state index is 11.6. The molecule has 1 fully saturated rings. The molecule has 2 rings (SSSR count). The van der Waals surface area contributed by atoms with Gasteiger partial charge in [0.1, 0.15) is 0 Å². The number of nitrogens with one attached hydrogen (secondary N) is 1. The molecule has 0 radical (unpaired) electrons. The third kappa shape index (κ3) is 4.15. The molecule has 7 heteroatoms. The lowest BCUT2D eigenvalue weighted by Gasteiger charge is -2.35. The van der Waals surface area contributed by atoms with Crippen LogP contribution in [0.3, 0.4) is 0 Å². The first-order valence-corrected chi connectivity index (χ1v) is 8.47. The molecule has 134 valence electrons. The Bertz CT molecular complexity index is 559. The molecule has 1 aliphatic heterocycles. The van der Waals surface area contributed by atoms with Crippen molar-refractivity contribution in [1.82, 2.24) is 10.2 Å². The van der Waals surface area contributed by atoms with Crippen molar-refractivity contribution in [3.05, 3.63) is 27.8 Å². The highest BCUT2D eigenvalue weighted by molar-refractivity contribution is 5.55. The van der Waals surface area contributed by atoms with Gasteiger partial charge in [0.25, 0.3) is 5.69 Å². The van der Waals surface area contributed by atoms with Gasteiger partial charge in [-0.1, -0.05) is 19.8 Å². The standard InChI is InChI=1S/C17H27N3O4/c1-4-5-6-14(19-9-7-18-8-10-19)13-11-16(23-2)17(24-3)12-15(13)20(21)22/h11-12,14,18H,4-10H2,1-3H3/t14-/m1/s1. The Balaban J connectivity index is 2.47. The van der Waals surface area contributed by atoms with Crippen LogP contribution in [0, 0.1) is 10.1 Å². The summed E-state index contributed by atoms with van der Waals surface area (Å²) in [4.78, 5) is 13.6. The zero-order valence-corrected chi connectivity index (χ0v) is 14.7. The number of benzene rings is 1. The third-order valence-electron chi connectivity index (χ3n) is 4.51. The van der Waals surface area contributed by atoms with E-state index < -0.39 is 0 Å². The maximum absolute atomic E-state index is 11.6. The molecule has 0 saturated carbocycles. The number of nitro benzene ring substituents is 1. The summed E-state index contributed by atoms with van der Waals surface area (Å²) in [5, 5.41) is 15.0. The predicted octanol–water partition coefficient (Wildman–Crippen LogP) is 2.75. The molecular formula is C17H27N3O4. The molecule has 1 heterocycles. The number of methoxy groups -OCH3 is 2. The van der Waals surface area contributed by atoms with E-state index in [-0.39, 0.29) is 16.7 Å². The highest BCUT2D eigenvalue weighted by Gasteiger charge is 2.30. The first-order valence-electron chi connectivity index (χ1n) is 8.47. The quantitative estimate of drug-likeness (QED) is 0.580. The number of ether oxygens (including phenoxy) is 2. The van der Waals surface area contributed by atoms with Gasteiger partial charge in [0.05, 0.1) is 30.8 Å². The fourth-order valence-corrected chi connectivity index (χ4v) is 3.24. The van der Waals surface area contributed by atoms with Gasteiger partial charge in [-0.25, -0.2) is 0 Å². The fraction of sp³-hybridized carbons (Fsp3) is 0.647. The van der Waals surface area contributed by atoms with E-state index in [1.807, 2.05) is 0 Å². The van der Waals surface area contributed by atoms with Crippen LogP contribution in [0.5, 0.6) is 11.5 Å². The van der Waals surface area contributed by atoms with E-state index in [1.165, 1.54) is 13.2 Å². The number of piperazine rings is 1. The van der Waals surface area contributed by atoms with Crippen LogP contribution in [0.2, 0.25) is 0 Å². The van der Waals surface area contributed by atoms with Crippen molar-refractivity contribution in [2.45, 2.75) is 32.2 Å². The molecule has 1 N–H and O–H groups in total. The number of nitro groups is 1. The molecule has 24 heavy (non-hydrogen) atoms. The largest absolute Gasteiger partial charge is 0.493 e. The number of hydrogen-bond donors (Lipinski definition) is 1. The van der Waals surface area contributed by atoms with Gasteiger partial charge in [-0.2, -0.15) is 0 Å². The smallest absolute Gasteiger partial charge is 0.278 e. The minimum Gasteiger partial charge on any atom is -0.493 e. The van der Waals surface area contributed by atoms with Crippen molar-refractivity contribution >= 4 is 5.69 Å². The zero-order valence-electron chi connectivity index (χ0n) is 14.7. The van der Waals surface area contributed by atoms with Crippen LogP contribution in [-0.4, -0.2) is 50.2 Å². The highest BCUT2D eigenvalue weighted by Crippen LogP contribution is 2.40. The number of rotatable bonds is 8. The van der Waals surface area contributed by atoms with Gasteiger partial charge in [0.2, 0.25) is 0 Å². The van der Waals surface area contributed by atoms with Crippen molar-refractivity contribution in [3.63, 3.8) is 0 Å². The first kappa shape index (κ1) is 18.5. The van der Waals surface area contributed by atoms with Gasteiger partial charge in [0, 0.05) is 32.2 Å². The zero-order chi connectivity index (χ0) is 17.5. The van der Waals surface area contributed by atoms with E-state index in [9.17, 15) is 10.1 Å². The average Bonchev–Trinajstić information content (AvgIpc) is 2.62. The van der Waals surface area contributed by atoms with Crippen LogP contribution in [0.15, 0.2) is 12.1 Å². The second-order valence-electron chi connectivity index (χ2n) is 5.97. The molecule has 0 aliphatic carbocycles. The topological polar surface area (TPSA) is 76.9 Å². The van der Waals surface area contributed by atoms with Crippen LogP contribution >= 0.6 is 0 Å². The third-order valence-corrected chi connectivity index (χ3v) is 4.51. The lowest BCUT2D eigenvalue weighted by atomic mass is 9.96. The average molecular weight is 337 g/mol. The van der Waals surface area contributed by atoms with Crippen LogP contribution < -0.4 is 14.8 Å². The highest BCUT2D eigenvalue weighted by atomic mass is 16.6. The van der Waals surface area contributed by atoms with Crippen LogP contribution in [0.25, 0.3) is 0 Å². The Labute approximate surface area is 143 Å². The molecule has 1 atom stereocenters. The van der Waals surface area contributed by atoms with Crippen LogP contribution in [0.4, 0.5) is 5.69 Å². The van der Waals surface area contributed by atoms with E-state index in [1.54, 1.807) is 13.2 Å². The molecule has 0 amide bonds. The second-order valence-corrected chi connectivity index (χ2v) is 5.97. The lowest BCUT2D eigenvalue weighted by molar-refractivity contribution is -0.386. The molecule has 0 unspecified atom stereocenters. The Morgan fingerprint density at radius 2 is 1.88 bits per heavy atom. The summed E-state index contributed by atoms with van der Waals surface area (Å²) in [6.45, 7) is 5.73. The van der Waals surface area contributed by atoms with E-state index in [0.717, 1.165) is 45.4 Å². The Morgan fingerprint density at radius 3 is 2.42 bits per heavy atom. The molecule has 1 aromatic carbocycles. The Kier molecular flexibility index (Phi) is 6.81. The van der Waals surface area contributed by atoms with Crippen LogP contribution in [0.1, 0.15) is 37.8 Å². The number of unbranched alkanes of at least 4 members (excludes halogenated alkanes) is 1. The van der Waals surface area contributed by atoms with Crippen molar-refractivity contribution in [3.8, 4) is 11.5 Å². The molecule has 1 aromatic rings. The minimum absolute atomic E-state index is 0.0206. The monoisotopic (exact) mass is 337 g/mol. The normalized spacial score (nSPS) is 16.6. The summed E-state index contributed by atoms with van der Waals surface area (Å²) in [6.07, 6.45) is 2.98. The van der Waals surface area contributed by atoms with Gasteiger partial charge < -0.3 is 14.8 Å². The van der Waals surface area contributed by atoms with Crippen molar-refractivity contribution in [1.29, 1.82) is 0 Å². The van der Waals surface area contributed by atoms with Gasteiger partial charge in [-0.15, -0.1) is 0 Å². The van der Waals surface area contributed by atoms with Crippen LogP contribution in [-0.2, 0) is 0 Å². The molecule has 0 aromatic heterocycles. The fourth-order valence-electron chi connectivity index (χ4n) is 3.24. The molecule has 1 aliphatic rings. The first-order chi connectivity index (χ1) is 11.6. The molecule has 1 saturated heterocycles. The Hall–Kier alpha value is -1.86. The number of hydrogen-bond acceptors (Lipinski definition) is 6. The summed E-state index contributed by atoms with van der Waals surface area (Å²) in [5.74, 6) is 0.928. The minimum atomic E-state index is -0.321. The molecule has 7 nitrogen and oxygen atoms in total. The summed E-state index contributed by atoms with van der Waals surface area (Å²) in [5.41, 5.74) is 0.820. The second kappa shape index (κ2) is 8.84. The van der Waals surface area contributed by atoms with E-state index in [0.29, 0.717) is 17.1 Å².